The maximum atomic E-state index is 12.4. The number of hydrogen-bond acceptors (Lipinski definition) is 4. The van der Waals surface area contributed by atoms with Gasteiger partial charge in [-0.15, -0.1) is 6.42 Å². The first-order valence-electron chi connectivity index (χ1n) is 10.0. The summed E-state index contributed by atoms with van der Waals surface area (Å²) in [5, 5.41) is 5.12. The van der Waals surface area contributed by atoms with Gasteiger partial charge in [-0.05, 0) is 48.4 Å². The summed E-state index contributed by atoms with van der Waals surface area (Å²) in [6.07, 6.45) is 5.71. The Bertz CT molecular complexity index is 1120. The summed E-state index contributed by atoms with van der Waals surface area (Å²) in [5.74, 6) is 1.45. The van der Waals surface area contributed by atoms with E-state index in [1.54, 1.807) is 60.7 Å². The summed E-state index contributed by atoms with van der Waals surface area (Å²) < 4.78 is 5.31. The molecule has 2 N–H and O–H groups in total. The van der Waals surface area contributed by atoms with Crippen molar-refractivity contribution in [2.45, 2.75) is 6.42 Å². The molecule has 32 heavy (non-hydrogen) atoms. The molecule has 0 radical (unpaired) electrons. The summed E-state index contributed by atoms with van der Waals surface area (Å²) in [7, 11) is 0. The highest BCUT2D eigenvalue weighted by atomic mass is 16.5. The van der Waals surface area contributed by atoms with Gasteiger partial charge in [-0.3, -0.25) is 14.4 Å². The van der Waals surface area contributed by atoms with Crippen LogP contribution in [0.3, 0.4) is 0 Å². The Hall–Kier alpha value is -4.37. The largest absolute Gasteiger partial charge is 0.481 e. The molecule has 0 aliphatic rings. The standard InChI is InChI=1S/C26H22N2O4/c1-2-18-32-23-14-8-19(9-15-23)16-17-27-25(30)26(31)28-22-12-10-21(11-13-22)24(29)20-6-4-3-5-7-20/h1,3-15H,16-18H2,(H,27,30)(H,28,31). The second-order valence-electron chi connectivity index (χ2n) is 6.87. The van der Waals surface area contributed by atoms with E-state index in [4.69, 9.17) is 11.2 Å². The van der Waals surface area contributed by atoms with E-state index in [1.165, 1.54) is 0 Å². The predicted molar refractivity (Wildman–Crippen MR) is 122 cm³/mol. The van der Waals surface area contributed by atoms with Gasteiger partial charge in [-0.25, -0.2) is 0 Å². The molecule has 0 atom stereocenters. The van der Waals surface area contributed by atoms with Crippen LogP contribution in [0.15, 0.2) is 78.9 Å². The van der Waals surface area contributed by atoms with E-state index in [1.807, 2.05) is 18.2 Å². The minimum Gasteiger partial charge on any atom is -0.481 e. The number of hydrogen-bond donors (Lipinski definition) is 2. The number of benzene rings is 3. The van der Waals surface area contributed by atoms with E-state index in [2.05, 4.69) is 16.6 Å². The van der Waals surface area contributed by atoms with E-state index in [0.717, 1.165) is 5.56 Å². The third kappa shape index (κ3) is 6.31. The van der Waals surface area contributed by atoms with Gasteiger partial charge in [0, 0.05) is 23.4 Å². The zero-order valence-electron chi connectivity index (χ0n) is 17.3. The molecule has 0 unspecified atom stereocenters. The number of terminal acetylenes is 1. The van der Waals surface area contributed by atoms with Crippen molar-refractivity contribution in [1.82, 2.24) is 5.32 Å². The molecule has 3 aromatic carbocycles. The molecule has 0 fully saturated rings. The third-order valence-electron chi connectivity index (χ3n) is 4.59. The topological polar surface area (TPSA) is 84.5 Å². The van der Waals surface area contributed by atoms with Crippen LogP contribution in [0.1, 0.15) is 21.5 Å². The van der Waals surface area contributed by atoms with Crippen molar-refractivity contribution in [2.75, 3.05) is 18.5 Å². The smallest absolute Gasteiger partial charge is 0.313 e. The lowest BCUT2D eigenvalue weighted by Crippen LogP contribution is -2.36. The zero-order chi connectivity index (χ0) is 22.8. The van der Waals surface area contributed by atoms with Gasteiger partial charge in [0.25, 0.3) is 0 Å². The van der Waals surface area contributed by atoms with E-state index >= 15 is 0 Å². The van der Waals surface area contributed by atoms with Gasteiger partial charge in [-0.1, -0.05) is 48.4 Å². The normalized spacial score (nSPS) is 9.97. The molecule has 0 saturated carbocycles. The van der Waals surface area contributed by atoms with Gasteiger partial charge in [0.2, 0.25) is 0 Å². The van der Waals surface area contributed by atoms with E-state index in [0.29, 0.717) is 35.5 Å². The Morgan fingerprint density at radius 1 is 0.812 bits per heavy atom. The van der Waals surface area contributed by atoms with Crippen LogP contribution in [0.25, 0.3) is 0 Å². The monoisotopic (exact) mass is 426 g/mol. The van der Waals surface area contributed by atoms with Crippen molar-refractivity contribution in [2.24, 2.45) is 0 Å². The lowest BCUT2D eigenvalue weighted by Gasteiger charge is -2.08. The Labute approximate surface area is 186 Å². The van der Waals surface area contributed by atoms with Crippen LogP contribution in [0.2, 0.25) is 0 Å². The number of ether oxygens (including phenoxy) is 1. The van der Waals surface area contributed by atoms with Crippen molar-refractivity contribution in [1.29, 1.82) is 0 Å². The molecule has 160 valence electrons. The quantitative estimate of drug-likeness (QED) is 0.329. The third-order valence-corrected chi connectivity index (χ3v) is 4.59. The molecule has 0 aromatic heterocycles. The summed E-state index contributed by atoms with van der Waals surface area (Å²) in [4.78, 5) is 36.6. The molecular weight excluding hydrogens is 404 g/mol. The number of carbonyl (C=O) groups excluding carboxylic acids is 3. The van der Waals surface area contributed by atoms with Crippen molar-refractivity contribution < 1.29 is 19.1 Å². The summed E-state index contributed by atoms with van der Waals surface area (Å²) in [5.41, 5.74) is 2.49. The van der Waals surface area contributed by atoms with Gasteiger partial charge in [0.15, 0.2) is 5.78 Å². The highest BCUT2D eigenvalue weighted by Crippen LogP contribution is 2.14. The fraction of sp³-hybridized carbons (Fsp3) is 0.115. The number of anilines is 1. The molecule has 0 saturated heterocycles. The maximum Gasteiger partial charge on any atom is 0.313 e. The van der Waals surface area contributed by atoms with Crippen molar-refractivity contribution >= 4 is 23.3 Å². The van der Waals surface area contributed by atoms with Gasteiger partial charge in [0.1, 0.15) is 12.4 Å². The highest BCUT2D eigenvalue weighted by Gasteiger charge is 2.14. The van der Waals surface area contributed by atoms with Crippen LogP contribution in [0, 0.1) is 12.3 Å². The Morgan fingerprint density at radius 3 is 2.12 bits per heavy atom. The maximum absolute atomic E-state index is 12.4. The molecule has 0 spiro atoms. The first-order valence-corrected chi connectivity index (χ1v) is 10.0. The van der Waals surface area contributed by atoms with Crippen LogP contribution >= 0.6 is 0 Å². The average molecular weight is 426 g/mol. The molecule has 3 aromatic rings. The second-order valence-corrected chi connectivity index (χ2v) is 6.87. The van der Waals surface area contributed by atoms with Gasteiger partial charge >= 0.3 is 11.8 Å². The molecule has 2 amide bonds. The van der Waals surface area contributed by atoms with Crippen LogP contribution in [-0.2, 0) is 16.0 Å². The van der Waals surface area contributed by atoms with Crippen LogP contribution in [0.4, 0.5) is 5.69 Å². The summed E-state index contributed by atoms with van der Waals surface area (Å²) >= 11 is 0. The molecule has 0 aliphatic carbocycles. The van der Waals surface area contributed by atoms with Crippen LogP contribution in [-0.4, -0.2) is 30.7 Å². The molecule has 3 rings (SSSR count). The SMILES string of the molecule is C#CCOc1ccc(CCNC(=O)C(=O)Nc2ccc(C(=O)c3ccccc3)cc2)cc1. The van der Waals surface area contributed by atoms with Crippen molar-refractivity contribution in [3.8, 4) is 18.1 Å². The molecule has 0 heterocycles. The fourth-order valence-electron chi connectivity index (χ4n) is 2.93. The number of nitrogens with one attached hydrogen (secondary N) is 2. The minimum atomic E-state index is -0.773. The van der Waals surface area contributed by atoms with E-state index in [9.17, 15) is 14.4 Å². The lowest BCUT2D eigenvalue weighted by atomic mass is 10.0. The number of ketones is 1. The van der Waals surface area contributed by atoms with Crippen LogP contribution in [0.5, 0.6) is 5.75 Å². The Balaban J connectivity index is 1.45. The average Bonchev–Trinajstić information content (AvgIpc) is 2.84. The van der Waals surface area contributed by atoms with E-state index < -0.39 is 11.8 Å². The van der Waals surface area contributed by atoms with Gasteiger partial charge in [0.05, 0.1) is 0 Å². The lowest BCUT2D eigenvalue weighted by molar-refractivity contribution is -0.136. The Morgan fingerprint density at radius 2 is 1.47 bits per heavy atom. The van der Waals surface area contributed by atoms with E-state index in [-0.39, 0.29) is 12.4 Å². The summed E-state index contributed by atoms with van der Waals surface area (Å²) in [6.45, 7) is 0.512. The molecule has 6 heteroatoms. The highest BCUT2D eigenvalue weighted by molar-refractivity contribution is 6.39. The van der Waals surface area contributed by atoms with Gasteiger partial charge < -0.3 is 15.4 Å². The Kier molecular flexibility index (Phi) is 7.77. The fourth-order valence-corrected chi connectivity index (χ4v) is 2.93. The first-order chi connectivity index (χ1) is 15.6. The molecular formula is C26H22N2O4. The zero-order valence-corrected chi connectivity index (χ0v) is 17.3. The molecule has 0 bridgehead atoms. The second kappa shape index (κ2) is 11.1. The molecule has 6 nitrogen and oxygen atoms in total. The summed E-state index contributed by atoms with van der Waals surface area (Å²) in [6, 6.07) is 22.7. The van der Waals surface area contributed by atoms with Gasteiger partial charge in [-0.2, -0.15) is 0 Å². The first kappa shape index (κ1) is 22.3. The number of carbonyl (C=O) groups is 3. The van der Waals surface area contributed by atoms with Crippen molar-refractivity contribution in [3.05, 3.63) is 95.6 Å². The van der Waals surface area contributed by atoms with Crippen molar-refractivity contribution in [3.63, 3.8) is 0 Å². The van der Waals surface area contributed by atoms with Crippen LogP contribution < -0.4 is 15.4 Å². The number of rotatable bonds is 8. The number of amides is 2. The minimum absolute atomic E-state index is 0.114. The predicted octanol–water partition coefficient (Wildman–Crippen LogP) is 3.23. The molecule has 0 aliphatic heterocycles.